The molecule has 3 heterocycles. The molecule has 8 nitrogen and oxygen atoms in total. The van der Waals surface area contributed by atoms with Gasteiger partial charge in [0.1, 0.15) is 28.0 Å². The molecule has 9 heteroatoms. The second-order valence-corrected chi connectivity index (χ2v) is 8.68. The Morgan fingerprint density at radius 2 is 2.15 bits per heavy atom. The molecule has 2 atom stereocenters. The lowest BCUT2D eigenvalue weighted by Crippen LogP contribution is -2.38. The predicted molar refractivity (Wildman–Crippen MR) is 106 cm³/mol. The van der Waals surface area contributed by atoms with E-state index in [4.69, 9.17) is 4.74 Å². The summed E-state index contributed by atoms with van der Waals surface area (Å²) in [5.74, 6) is 2.40. The summed E-state index contributed by atoms with van der Waals surface area (Å²) < 4.78 is 5.60. The predicted octanol–water partition coefficient (Wildman–Crippen LogP) is 1.97. The summed E-state index contributed by atoms with van der Waals surface area (Å²) in [6.45, 7) is 2.47. The number of nitrogens with zero attached hydrogens (tertiary/aromatic N) is 6. The Kier molecular flexibility index (Phi) is 5.51. The summed E-state index contributed by atoms with van der Waals surface area (Å²) in [5.41, 5.74) is 0. The molecule has 0 radical (unpaired) electrons. The van der Waals surface area contributed by atoms with Crippen LogP contribution in [0.15, 0.2) is 12.4 Å². The van der Waals surface area contributed by atoms with Crippen molar-refractivity contribution in [3.63, 3.8) is 0 Å². The summed E-state index contributed by atoms with van der Waals surface area (Å²) in [4.78, 5) is 13.4. The van der Waals surface area contributed by atoms with E-state index < -0.39 is 0 Å². The smallest absolute Gasteiger partial charge is 0.136 e. The van der Waals surface area contributed by atoms with E-state index in [-0.39, 0.29) is 6.10 Å². The molecule has 0 bridgehead atoms. The number of likely N-dealkylation sites (N-methyl/N-ethyl adjacent to an activating group) is 1. The van der Waals surface area contributed by atoms with Gasteiger partial charge in [-0.25, -0.2) is 9.97 Å². The molecule has 2 fully saturated rings. The zero-order valence-corrected chi connectivity index (χ0v) is 16.9. The lowest BCUT2D eigenvalue weighted by Gasteiger charge is -2.27. The van der Waals surface area contributed by atoms with Crippen molar-refractivity contribution in [2.45, 2.75) is 43.9 Å². The fraction of sp³-hybridized carbons (Fsp3) is 0.667. The first-order valence-electron chi connectivity index (χ1n) is 9.44. The van der Waals surface area contributed by atoms with Gasteiger partial charge in [-0.15, -0.1) is 10.2 Å². The first-order chi connectivity index (χ1) is 13.1. The maximum Gasteiger partial charge on any atom is 0.136 e. The number of rotatable bonds is 8. The highest BCUT2D eigenvalue weighted by Crippen LogP contribution is 2.41. The zero-order valence-electron chi connectivity index (χ0n) is 16.1. The molecule has 146 valence electrons. The largest absolute Gasteiger partial charge is 0.380 e. The van der Waals surface area contributed by atoms with E-state index in [1.807, 2.05) is 6.07 Å². The number of aromatic nitrogens is 4. The lowest BCUT2D eigenvalue weighted by molar-refractivity contribution is 0.117. The number of methoxy groups -OCH3 is 1. The Hall–Kier alpha value is -1.84. The van der Waals surface area contributed by atoms with Crippen LogP contribution in [0.3, 0.4) is 0 Å². The van der Waals surface area contributed by atoms with Crippen LogP contribution < -0.4 is 10.2 Å². The van der Waals surface area contributed by atoms with Crippen molar-refractivity contribution in [3.05, 3.63) is 22.4 Å². The number of hydrogen-bond acceptors (Lipinski definition) is 9. The molecule has 2 aromatic heterocycles. The van der Waals surface area contributed by atoms with Crippen molar-refractivity contribution in [3.8, 4) is 0 Å². The molecular formula is C18H27N7OS. The van der Waals surface area contributed by atoms with Crippen molar-refractivity contribution < 1.29 is 4.74 Å². The maximum atomic E-state index is 5.60. The standard InChI is InChI=1S/C18H27N7OS/c1-24(2)9-13-6-14(26-3)10-25(13)16-7-15(20-11-21-16)19-8-17-22-23-18(27-17)12-4-5-12/h7,11-14H,4-6,8-10H2,1-3H3,(H,19,20,21)/t13-,14-/m0/s1. The van der Waals surface area contributed by atoms with Crippen molar-refractivity contribution in [2.24, 2.45) is 0 Å². The molecular weight excluding hydrogens is 362 g/mol. The van der Waals surface area contributed by atoms with E-state index in [2.05, 4.69) is 49.4 Å². The van der Waals surface area contributed by atoms with Gasteiger partial charge in [-0.1, -0.05) is 11.3 Å². The summed E-state index contributed by atoms with van der Waals surface area (Å²) in [6.07, 6.45) is 5.38. The van der Waals surface area contributed by atoms with Crippen LogP contribution in [0.2, 0.25) is 0 Å². The van der Waals surface area contributed by atoms with Crippen molar-refractivity contribution >= 4 is 23.0 Å². The quantitative estimate of drug-likeness (QED) is 0.734. The summed E-state index contributed by atoms with van der Waals surface area (Å²) in [5, 5.41) is 14.1. The van der Waals surface area contributed by atoms with E-state index in [0.717, 1.165) is 36.2 Å². The molecule has 0 amide bonds. The van der Waals surface area contributed by atoms with E-state index >= 15 is 0 Å². The average Bonchev–Trinajstić information content (AvgIpc) is 3.26. The number of nitrogens with one attached hydrogen (secondary N) is 1. The third-order valence-electron chi connectivity index (χ3n) is 5.06. The summed E-state index contributed by atoms with van der Waals surface area (Å²) >= 11 is 1.70. The Labute approximate surface area is 164 Å². The van der Waals surface area contributed by atoms with Gasteiger partial charge in [0, 0.05) is 38.2 Å². The van der Waals surface area contributed by atoms with Crippen molar-refractivity contribution in [1.29, 1.82) is 0 Å². The molecule has 2 aromatic rings. The Morgan fingerprint density at radius 1 is 1.30 bits per heavy atom. The van der Waals surface area contributed by atoms with Crippen LogP contribution in [0.25, 0.3) is 0 Å². The number of hydrogen-bond donors (Lipinski definition) is 1. The molecule has 1 aliphatic heterocycles. The highest BCUT2D eigenvalue weighted by molar-refractivity contribution is 7.11. The molecule has 2 aliphatic rings. The lowest BCUT2D eigenvalue weighted by atomic mass is 10.2. The molecule has 1 saturated heterocycles. The van der Waals surface area contributed by atoms with E-state index in [9.17, 15) is 0 Å². The molecule has 1 aliphatic carbocycles. The van der Waals surface area contributed by atoms with Crippen molar-refractivity contribution in [2.75, 3.05) is 44.5 Å². The SMILES string of the molecule is CO[C@H]1C[C@@H](CN(C)C)N(c2cc(NCc3nnc(C4CC4)s3)ncn2)C1. The molecule has 1 saturated carbocycles. The number of ether oxygens (including phenoxy) is 1. The fourth-order valence-corrected chi connectivity index (χ4v) is 4.47. The third kappa shape index (κ3) is 4.53. The third-order valence-corrected chi connectivity index (χ3v) is 6.15. The van der Waals surface area contributed by atoms with Crippen LogP contribution >= 0.6 is 11.3 Å². The van der Waals surface area contributed by atoms with Gasteiger partial charge >= 0.3 is 0 Å². The van der Waals surface area contributed by atoms with Gasteiger partial charge in [0.15, 0.2) is 0 Å². The number of anilines is 2. The highest BCUT2D eigenvalue weighted by atomic mass is 32.1. The van der Waals surface area contributed by atoms with Crippen LogP contribution in [-0.4, -0.2) is 71.5 Å². The molecule has 4 rings (SSSR count). The van der Waals surface area contributed by atoms with E-state index in [1.165, 1.54) is 17.8 Å². The molecule has 0 aromatic carbocycles. The Bertz CT molecular complexity index is 764. The maximum absolute atomic E-state index is 5.60. The van der Waals surface area contributed by atoms with Crippen LogP contribution in [0, 0.1) is 0 Å². The normalized spacial score (nSPS) is 22.6. The first-order valence-corrected chi connectivity index (χ1v) is 10.3. The minimum Gasteiger partial charge on any atom is -0.380 e. The minimum absolute atomic E-state index is 0.239. The zero-order chi connectivity index (χ0) is 18.8. The highest BCUT2D eigenvalue weighted by Gasteiger charge is 2.33. The van der Waals surface area contributed by atoms with Crippen molar-refractivity contribution in [1.82, 2.24) is 25.1 Å². The fourth-order valence-electron chi connectivity index (χ4n) is 3.52. The monoisotopic (exact) mass is 389 g/mol. The van der Waals surface area contributed by atoms with Crippen LogP contribution in [0.5, 0.6) is 0 Å². The van der Waals surface area contributed by atoms with Gasteiger partial charge in [0.05, 0.1) is 12.6 Å². The molecule has 0 spiro atoms. The summed E-state index contributed by atoms with van der Waals surface area (Å²) in [7, 11) is 5.98. The van der Waals surface area contributed by atoms with Gasteiger partial charge in [-0.05, 0) is 33.4 Å². The summed E-state index contributed by atoms with van der Waals surface area (Å²) in [6, 6.07) is 2.40. The Balaban J connectivity index is 1.42. The van der Waals surface area contributed by atoms with Gasteiger partial charge < -0.3 is 19.9 Å². The van der Waals surface area contributed by atoms with Gasteiger partial charge in [-0.2, -0.15) is 0 Å². The topological polar surface area (TPSA) is 79.3 Å². The second-order valence-electron chi connectivity index (χ2n) is 7.59. The van der Waals surface area contributed by atoms with E-state index in [0.29, 0.717) is 18.5 Å². The van der Waals surface area contributed by atoms with Gasteiger partial charge in [0.25, 0.3) is 0 Å². The molecule has 0 unspecified atom stereocenters. The van der Waals surface area contributed by atoms with E-state index in [1.54, 1.807) is 24.8 Å². The van der Waals surface area contributed by atoms with Crippen LogP contribution in [0.4, 0.5) is 11.6 Å². The Morgan fingerprint density at radius 3 is 2.89 bits per heavy atom. The molecule has 27 heavy (non-hydrogen) atoms. The molecule has 1 N–H and O–H groups in total. The first kappa shape index (κ1) is 18.5. The average molecular weight is 390 g/mol. The second kappa shape index (κ2) is 8.04. The minimum atomic E-state index is 0.239. The van der Waals surface area contributed by atoms with Crippen LogP contribution in [-0.2, 0) is 11.3 Å². The van der Waals surface area contributed by atoms with Gasteiger partial charge in [-0.3, -0.25) is 0 Å². The van der Waals surface area contributed by atoms with Crippen LogP contribution in [0.1, 0.15) is 35.2 Å². The van der Waals surface area contributed by atoms with Gasteiger partial charge in [0.2, 0.25) is 0 Å².